The number of carbonyl (C=O) groups is 3. The molecule has 2 heterocycles. The van der Waals surface area contributed by atoms with Gasteiger partial charge in [-0.25, -0.2) is 0 Å². The largest absolute Gasteiger partial charge is 0.354 e. The van der Waals surface area contributed by atoms with E-state index in [9.17, 15) is 14.4 Å². The van der Waals surface area contributed by atoms with Crippen LogP contribution in [0, 0.1) is 5.92 Å². The SMILES string of the molecule is CCCN(CCC)C(=O)CCC(=O)N1CCCC(CNC(=O)C2CCCN2)C1.Cl. The maximum atomic E-state index is 12.6. The normalized spacial score (nSPS) is 21.4. The minimum absolute atomic E-state index is 0. The Morgan fingerprint density at radius 3 is 2.41 bits per heavy atom. The van der Waals surface area contributed by atoms with Crippen LogP contribution in [0.4, 0.5) is 0 Å². The maximum Gasteiger partial charge on any atom is 0.237 e. The van der Waals surface area contributed by atoms with Gasteiger partial charge in [0.05, 0.1) is 6.04 Å². The van der Waals surface area contributed by atoms with Gasteiger partial charge in [0.25, 0.3) is 0 Å². The second-order valence-corrected chi connectivity index (χ2v) is 8.12. The summed E-state index contributed by atoms with van der Waals surface area (Å²) in [5.74, 6) is 0.533. The minimum atomic E-state index is -0.0541. The number of nitrogens with zero attached hydrogens (tertiary/aromatic N) is 2. The second kappa shape index (κ2) is 13.8. The van der Waals surface area contributed by atoms with Gasteiger partial charge in [-0.15, -0.1) is 12.4 Å². The standard InChI is InChI=1S/C21H38N4O3.ClH/c1-3-12-24(13-4-2)19(26)9-10-20(27)25-14-6-7-17(16-25)15-23-21(28)18-8-5-11-22-18;/h17-18,22H,3-16H2,1-2H3,(H,23,28);1H. The van der Waals surface area contributed by atoms with Gasteiger partial charge in [0.2, 0.25) is 17.7 Å². The lowest BCUT2D eigenvalue weighted by Crippen LogP contribution is -2.46. The quantitative estimate of drug-likeness (QED) is 0.555. The van der Waals surface area contributed by atoms with Gasteiger partial charge < -0.3 is 20.4 Å². The Labute approximate surface area is 181 Å². The molecule has 2 aliphatic heterocycles. The van der Waals surface area contributed by atoms with Crippen molar-refractivity contribution >= 4 is 30.1 Å². The summed E-state index contributed by atoms with van der Waals surface area (Å²) in [4.78, 5) is 40.9. The number of hydrogen-bond acceptors (Lipinski definition) is 4. The van der Waals surface area contributed by atoms with Crippen LogP contribution in [-0.4, -0.2) is 72.8 Å². The number of nitrogens with one attached hydrogen (secondary N) is 2. The fourth-order valence-corrected chi connectivity index (χ4v) is 4.17. The third-order valence-corrected chi connectivity index (χ3v) is 5.71. The van der Waals surface area contributed by atoms with Gasteiger partial charge in [-0.2, -0.15) is 0 Å². The van der Waals surface area contributed by atoms with E-state index in [4.69, 9.17) is 0 Å². The van der Waals surface area contributed by atoms with E-state index >= 15 is 0 Å². The highest BCUT2D eigenvalue weighted by Gasteiger charge is 2.26. The third kappa shape index (κ3) is 8.51. The molecule has 2 rings (SSSR count). The van der Waals surface area contributed by atoms with Crippen molar-refractivity contribution in [2.24, 2.45) is 5.92 Å². The fraction of sp³-hybridized carbons (Fsp3) is 0.857. The fourth-order valence-electron chi connectivity index (χ4n) is 4.17. The summed E-state index contributed by atoms with van der Waals surface area (Å²) in [6.45, 7) is 8.64. The molecule has 0 spiro atoms. The van der Waals surface area contributed by atoms with Gasteiger partial charge in [-0.3, -0.25) is 14.4 Å². The molecule has 2 fully saturated rings. The molecule has 0 radical (unpaired) electrons. The van der Waals surface area contributed by atoms with Crippen LogP contribution in [0.2, 0.25) is 0 Å². The van der Waals surface area contributed by atoms with Crippen LogP contribution >= 0.6 is 12.4 Å². The van der Waals surface area contributed by atoms with Crippen LogP contribution in [-0.2, 0) is 14.4 Å². The molecular formula is C21H39ClN4O3. The molecule has 0 aromatic carbocycles. The summed E-state index contributed by atoms with van der Waals surface area (Å²) in [5.41, 5.74) is 0. The zero-order valence-electron chi connectivity index (χ0n) is 18.1. The van der Waals surface area contributed by atoms with Crippen LogP contribution in [0.5, 0.6) is 0 Å². The Bertz CT molecular complexity index is 520. The van der Waals surface area contributed by atoms with E-state index in [0.717, 1.165) is 64.7 Å². The van der Waals surface area contributed by atoms with Crippen molar-refractivity contribution in [3.8, 4) is 0 Å². The van der Waals surface area contributed by atoms with Crippen LogP contribution in [0.3, 0.4) is 0 Å². The van der Waals surface area contributed by atoms with E-state index in [1.165, 1.54) is 0 Å². The topological polar surface area (TPSA) is 81.8 Å². The second-order valence-electron chi connectivity index (χ2n) is 8.12. The molecule has 2 unspecified atom stereocenters. The summed E-state index contributed by atoms with van der Waals surface area (Å²) < 4.78 is 0. The number of piperidine rings is 1. The Kier molecular flexibility index (Phi) is 12.2. The first-order valence-corrected chi connectivity index (χ1v) is 11.1. The molecule has 29 heavy (non-hydrogen) atoms. The maximum absolute atomic E-state index is 12.6. The van der Waals surface area contributed by atoms with Crippen molar-refractivity contribution < 1.29 is 14.4 Å². The molecular weight excluding hydrogens is 392 g/mol. The van der Waals surface area contributed by atoms with E-state index in [1.807, 2.05) is 9.80 Å². The molecule has 3 amide bonds. The van der Waals surface area contributed by atoms with Crippen molar-refractivity contribution in [3.05, 3.63) is 0 Å². The average molecular weight is 431 g/mol. The summed E-state index contributed by atoms with van der Waals surface area (Å²) in [5, 5.41) is 6.26. The van der Waals surface area contributed by atoms with E-state index in [2.05, 4.69) is 24.5 Å². The van der Waals surface area contributed by atoms with Crippen LogP contribution in [0.25, 0.3) is 0 Å². The Balaban J connectivity index is 0.00000420. The summed E-state index contributed by atoms with van der Waals surface area (Å²) in [6.07, 6.45) is 6.41. The Morgan fingerprint density at radius 2 is 1.79 bits per heavy atom. The molecule has 2 atom stereocenters. The first kappa shape index (κ1) is 25.7. The van der Waals surface area contributed by atoms with Crippen LogP contribution in [0.1, 0.15) is 65.2 Å². The number of halogens is 1. The Morgan fingerprint density at radius 1 is 1.07 bits per heavy atom. The van der Waals surface area contributed by atoms with Gasteiger partial charge in [0, 0.05) is 45.6 Å². The van der Waals surface area contributed by atoms with Crippen molar-refractivity contribution in [2.75, 3.05) is 39.3 Å². The molecule has 0 aromatic rings. The van der Waals surface area contributed by atoms with Crippen molar-refractivity contribution in [2.45, 2.75) is 71.3 Å². The van der Waals surface area contributed by atoms with Crippen LogP contribution < -0.4 is 10.6 Å². The monoisotopic (exact) mass is 430 g/mol. The van der Waals surface area contributed by atoms with Crippen molar-refractivity contribution in [3.63, 3.8) is 0 Å². The molecule has 8 heteroatoms. The van der Waals surface area contributed by atoms with Crippen molar-refractivity contribution in [1.29, 1.82) is 0 Å². The molecule has 168 valence electrons. The predicted octanol–water partition coefficient (Wildman–Crippen LogP) is 1.94. The molecule has 0 saturated carbocycles. The van der Waals surface area contributed by atoms with Gasteiger partial charge in [-0.1, -0.05) is 13.8 Å². The highest BCUT2D eigenvalue weighted by Crippen LogP contribution is 2.17. The summed E-state index contributed by atoms with van der Waals surface area (Å²) in [6, 6.07) is -0.0541. The number of amides is 3. The molecule has 2 saturated heterocycles. The number of hydrogen-bond donors (Lipinski definition) is 2. The van der Waals surface area contributed by atoms with E-state index in [1.54, 1.807) is 0 Å². The lowest BCUT2D eigenvalue weighted by atomic mass is 9.97. The molecule has 0 bridgehead atoms. The first-order chi connectivity index (χ1) is 13.5. The zero-order valence-corrected chi connectivity index (χ0v) is 18.9. The highest BCUT2D eigenvalue weighted by molar-refractivity contribution is 5.85. The Hall–Kier alpha value is -1.34. The third-order valence-electron chi connectivity index (χ3n) is 5.71. The molecule has 2 aliphatic rings. The molecule has 0 aromatic heterocycles. The highest BCUT2D eigenvalue weighted by atomic mass is 35.5. The van der Waals surface area contributed by atoms with Gasteiger partial charge >= 0.3 is 0 Å². The predicted molar refractivity (Wildman–Crippen MR) is 117 cm³/mol. The lowest BCUT2D eigenvalue weighted by molar-refractivity contribution is -0.138. The van der Waals surface area contributed by atoms with Gasteiger partial charge in [-0.05, 0) is 51.0 Å². The summed E-state index contributed by atoms with van der Waals surface area (Å²) >= 11 is 0. The average Bonchev–Trinajstić information content (AvgIpc) is 3.25. The lowest BCUT2D eigenvalue weighted by Gasteiger charge is -2.33. The van der Waals surface area contributed by atoms with Gasteiger partial charge in [0.1, 0.15) is 0 Å². The molecule has 2 N–H and O–H groups in total. The van der Waals surface area contributed by atoms with E-state index < -0.39 is 0 Å². The van der Waals surface area contributed by atoms with Gasteiger partial charge in [0.15, 0.2) is 0 Å². The number of carbonyl (C=O) groups excluding carboxylic acids is 3. The van der Waals surface area contributed by atoms with E-state index in [0.29, 0.717) is 25.4 Å². The molecule has 7 nitrogen and oxygen atoms in total. The number of rotatable bonds is 10. The summed E-state index contributed by atoms with van der Waals surface area (Å²) in [7, 11) is 0. The molecule has 0 aliphatic carbocycles. The number of likely N-dealkylation sites (tertiary alicyclic amines) is 1. The minimum Gasteiger partial charge on any atom is -0.354 e. The smallest absolute Gasteiger partial charge is 0.237 e. The zero-order chi connectivity index (χ0) is 20.4. The van der Waals surface area contributed by atoms with Crippen LogP contribution in [0.15, 0.2) is 0 Å². The first-order valence-electron chi connectivity index (χ1n) is 11.1. The van der Waals surface area contributed by atoms with Crippen molar-refractivity contribution in [1.82, 2.24) is 20.4 Å². The van der Waals surface area contributed by atoms with E-state index in [-0.39, 0.29) is 42.6 Å².